The molecule has 28 heavy (non-hydrogen) atoms. The first-order chi connectivity index (χ1) is 13.6. The number of rotatable bonds is 7. The van der Waals surface area contributed by atoms with Gasteiger partial charge in [-0.1, -0.05) is 44.6 Å². The molecule has 154 valence electrons. The second-order valence-corrected chi connectivity index (χ2v) is 8.25. The number of nitrogens with zero attached hydrogens (tertiary/aromatic N) is 1. The van der Waals surface area contributed by atoms with Crippen LogP contribution in [0.4, 0.5) is 0 Å². The van der Waals surface area contributed by atoms with Crippen molar-refractivity contribution in [3.05, 3.63) is 46.7 Å². The molecule has 2 unspecified atom stereocenters. The SMILES string of the molecule is CCOC(=O)CC1CCCCC2=C1N(CCOC)C1C=CC=C(C(C)C)C=C21. The van der Waals surface area contributed by atoms with Gasteiger partial charge in [-0.05, 0) is 48.8 Å². The first-order valence-electron chi connectivity index (χ1n) is 10.8. The lowest BCUT2D eigenvalue weighted by atomic mass is 9.92. The Morgan fingerprint density at radius 1 is 1.32 bits per heavy atom. The molecular weight excluding hydrogens is 350 g/mol. The quantitative estimate of drug-likeness (QED) is 0.591. The topological polar surface area (TPSA) is 38.8 Å². The van der Waals surface area contributed by atoms with Crippen LogP contribution in [0, 0.1) is 11.8 Å². The Bertz CT molecular complexity index is 699. The highest BCUT2D eigenvalue weighted by atomic mass is 16.5. The first kappa shape index (κ1) is 20.9. The molecule has 3 rings (SSSR count). The van der Waals surface area contributed by atoms with E-state index in [1.165, 1.54) is 28.8 Å². The van der Waals surface area contributed by atoms with E-state index in [9.17, 15) is 4.79 Å². The number of carbonyl (C=O) groups is 1. The van der Waals surface area contributed by atoms with Crippen LogP contribution < -0.4 is 0 Å². The largest absolute Gasteiger partial charge is 0.466 e. The van der Waals surface area contributed by atoms with Gasteiger partial charge >= 0.3 is 5.97 Å². The summed E-state index contributed by atoms with van der Waals surface area (Å²) < 4.78 is 10.7. The minimum atomic E-state index is -0.0766. The molecule has 2 aliphatic carbocycles. The van der Waals surface area contributed by atoms with Crippen LogP contribution in [-0.4, -0.2) is 43.8 Å². The number of methoxy groups -OCH3 is 1. The van der Waals surface area contributed by atoms with E-state index in [1.54, 1.807) is 7.11 Å². The summed E-state index contributed by atoms with van der Waals surface area (Å²) in [6.07, 6.45) is 14.1. The van der Waals surface area contributed by atoms with Crippen molar-refractivity contribution in [1.29, 1.82) is 0 Å². The Labute approximate surface area is 170 Å². The lowest BCUT2D eigenvalue weighted by Gasteiger charge is -2.32. The molecule has 4 heteroatoms. The summed E-state index contributed by atoms with van der Waals surface area (Å²) in [5.74, 6) is 0.655. The maximum Gasteiger partial charge on any atom is 0.306 e. The smallest absolute Gasteiger partial charge is 0.306 e. The van der Waals surface area contributed by atoms with Crippen LogP contribution in [-0.2, 0) is 14.3 Å². The maximum atomic E-state index is 12.3. The van der Waals surface area contributed by atoms with Gasteiger partial charge in [0.1, 0.15) is 0 Å². The van der Waals surface area contributed by atoms with Gasteiger partial charge in [0.15, 0.2) is 0 Å². The molecule has 4 nitrogen and oxygen atoms in total. The highest BCUT2D eigenvalue weighted by Crippen LogP contribution is 2.46. The predicted octanol–water partition coefficient (Wildman–Crippen LogP) is 4.79. The van der Waals surface area contributed by atoms with E-state index in [4.69, 9.17) is 9.47 Å². The van der Waals surface area contributed by atoms with Gasteiger partial charge in [-0.2, -0.15) is 0 Å². The Balaban J connectivity index is 2.02. The number of hydrogen-bond donors (Lipinski definition) is 0. The van der Waals surface area contributed by atoms with E-state index in [-0.39, 0.29) is 17.9 Å². The molecule has 0 aromatic rings. The summed E-state index contributed by atoms with van der Waals surface area (Å²) in [6, 6.07) is 0.246. The number of hydrogen-bond acceptors (Lipinski definition) is 4. The van der Waals surface area contributed by atoms with Crippen LogP contribution in [0.5, 0.6) is 0 Å². The maximum absolute atomic E-state index is 12.3. The van der Waals surface area contributed by atoms with E-state index in [2.05, 4.69) is 43.1 Å². The fourth-order valence-electron chi connectivity index (χ4n) is 4.71. The lowest BCUT2D eigenvalue weighted by molar-refractivity contribution is -0.144. The van der Waals surface area contributed by atoms with Crippen LogP contribution in [0.2, 0.25) is 0 Å². The second-order valence-electron chi connectivity index (χ2n) is 8.25. The van der Waals surface area contributed by atoms with E-state index < -0.39 is 0 Å². The van der Waals surface area contributed by atoms with Crippen LogP contribution in [0.25, 0.3) is 0 Å². The normalized spacial score (nSPS) is 24.4. The minimum Gasteiger partial charge on any atom is -0.466 e. The average molecular weight is 386 g/mol. The highest BCUT2D eigenvalue weighted by molar-refractivity contribution is 5.70. The molecule has 0 aromatic carbocycles. The molecule has 1 heterocycles. The molecule has 0 aromatic heterocycles. The van der Waals surface area contributed by atoms with Gasteiger partial charge in [0, 0.05) is 25.3 Å². The number of ether oxygens (including phenoxy) is 2. The molecule has 2 atom stereocenters. The minimum absolute atomic E-state index is 0.0766. The zero-order chi connectivity index (χ0) is 20.1. The molecule has 0 spiro atoms. The molecule has 0 N–H and O–H groups in total. The zero-order valence-electron chi connectivity index (χ0n) is 17.9. The third kappa shape index (κ3) is 4.43. The zero-order valence-corrected chi connectivity index (χ0v) is 17.9. The number of allylic oxidation sites excluding steroid dienone is 5. The summed E-state index contributed by atoms with van der Waals surface area (Å²) in [6.45, 7) is 8.36. The Kier molecular flexibility index (Phi) is 7.17. The first-order valence-corrected chi connectivity index (χ1v) is 10.8. The van der Waals surface area contributed by atoms with Gasteiger partial charge in [0.25, 0.3) is 0 Å². The fraction of sp³-hybridized carbons (Fsp3) is 0.625. The van der Waals surface area contributed by atoms with Crippen LogP contribution in [0.15, 0.2) is 46.7 Å². The van der Waals surface area contributed by atoms with Gasteiger partial charge in [0.05, 0.1) is 25.7 Å². The molecule has 0 saturated heterocycles. The van der Waals surface area contributed by atoms with Crippen molar-refractivity contribution < 1.29 is 14.3 Å². The number of esters is 1. The molecule has 0 bridgehead atoms. The van der Waals surface area contributed by atoms with Crippen LogP contribution >= 0.6 is 0 Å². The lowest BCUT2D eigenvalue weighted by Crippen LogP contribution is -2.35. The predicted molar refractivity (Wildman–Crippen MR) is 113 cm³/mol. The summed E-state index contributed by atoms with van der Waals surface area (Å²) in [5, 5.41) is 0. The molecular formula is C24H35NO3. The van der Waals surface area contributed by atoms with Crippen molar-refractivity contribution in [2.75, 3.05) is 26.9 Å². The van der Waals surface area contributed by atoms with Gasteiger partial charge in [-0.25, -0.2) is 0 Å². The van der Waals surface area contributed by atoms with Crippen molar-refractivity contribution >= 4 is 5.97 Å². The number of carbonyl (C=O) groups excluding carboxylic acids is 1. The van der Waals surface area contributed by atoms with Gasteiger partial charge in [-0.3, -0.25) is 4.79 Å². The Hall–Kier alpha value is -1.81. The number of fused-ring (bicyclic) bond motifs is 2. The molecule has 1 aliphatic heterocycles. The van der Waals surface area contributed by atoms with Gasteiger partial charge in [0.2, 0.25) is 0 Å². The monoisotopic (exact) mass is 385 g/mol. The molecule has 0 fully saturated rings. The second kappa shape index (κ2) is 9.60. The Morgan fingerprint density at radius 2 is 2.14 bits per heavy atom. The molecule has 3 aliphatic rings. The van der Waals surface area contributed by atoms with E-state index >= 15 is 0 Å². The van der Waals surface area contributed by atoms with Crippen LogP contribution in [0.1, 0.15) is 52.9 Å². The summed E-state index contributed by atoms with van der Waals surface area (Å²) >= 11 is 0. The summed E-state index contributed by atoms with van der Waals surface area (Å²) in [7, 11) is 1.76. The van der Waals surface area contributed by atoms with E-state index in [1.807, 2.05) is 6.92 Å². The van der Waals surface area contributed by atoms with Crippen molar-refractivity contribution in [2.45, 2.75) is 58.9 Å². The van der Waals surface area contributed by atoms with Gasteiger partial charge < -0.3 is 14.4 Å². The van der Waals surface area contributed by atoms with Crippen molar-refractivity contribution in [2.24, 2.45) is 11.8 Å². The third-order valence-corrected chi connectivity index (χ3v) is 6.06. The third-order valence-electron chi connectivity index (χ3n) is 6.06. The average Bonchev–Trinajstić information content (AvgIpc) is 2.84. The van der Waals surface area contributed by atoms with E-state index in [0.29, 0.717) is 25.6 Å². The van der Waals surface area contributed by atoms with E-state index in [0.717, 1.165) is 25.8 Å². The van der Waals surface area contributed by atoms with Crippen LogP contribution in [0.3, 0.4) is 0 Å². The van der Waals surface area contributed by atoms with Gasteiger partial charge in [-0.15, -0.1) is 0 Å². The van der Waals surface area contributed by atoms with Crippen molar-refractivity contribution in [3.8, 4) is 0 Å². The summed E-state index contributed by atoms with van der Waals surface area (Å²) in [4.78, 5) is 14.8. The van der Waals surface area contributed by atoms with Crippen molar-refractivity contribution in [1.82, 2.24) is 4.90 Å². The summed E-state index contributed by atoms with van der Waals surface area (Å²) in [5.41, 5.74) is 5.63. The standard InChI is InChI=1S/C24H35NO3/c1-5-28-23(26)16-19-9-6-7-11-20-21-15-18(17(2)3)10-8-12-22(21)25(24(19)20)13-14-27-4/h8,10,12,15,17,19,22H,5-7,9,11,13-14,16H2,1-4H3. The van der Waals surface area contributed by atoms with Crippen molar-refractivity contribution in [3.63, 3.8) is 0 Å². The molecule has 0 amide bonds. The Morgan fingerprint density at radius 3 is 2.86 bits per heavy atom. The molecule has 0 radical (unpaired) electrons. The highest BCUT2D eigenvalue weighted by Gasteiger charge is 2.39. The fourth-order valence-corrected chi connectivity index (χ4v) is 4.71. The molecule has 0 saturated carbocycles.